The number of ether oxygens (including phenoxy) is 1. The van der Waals surface area contributed by atoms with E-state index in [-0.39, 0.29) is 0 Å². The summed E-state index contributed by atoms with van der Waals surface area (Å²) < 4.78 is 5.04. The predicted octanol–water partition coefficient (Wildman–Crippen LogP) is 2.68. The first-order chi connectivity index (χ1) is 11.6. The van der Waals surface area contributed by atoms with Crippen LogP contribution in [0.5, 0.6) is 0 Å². The zero-order valence-electron chi connectivity index (χ0n) is 13.4. The number of carbonyl (C=O) groups excluding carboxylic acids is 3. The molecular formula is C19H19NO4. The van der Waals surface area contributed by atoms with Crippen molar-refractivity contribution in [2.45, 2.75) is 19.3 Å². The zero-order chi connectivity index (χ0) is 17.4. The molecule has 1 N–H and O–H groups in total. The van der Waals surface area contributed by atoms with Crippen molar-refractivity contribution >= 4 is 17.8 Å². The summed E-state index contributed by atoms with van der Waals surface area (Å²) in [6, 6.07) is 17.6. The van der Waals surface area contributed by atoms with Gasteiger partial charge in [-0.1, -0.05) is 55.5 Å². The van der Waals surface area contributed by atoms with Gasteiger partial charge >= 0.3 is 5.97 Å². The lowest BCUT2D eigenvalue weighted by molar-refractivity contribution is -0.149. The third-order valence-electron chi connectivity index (χ3n) is 3.53. The van der Waals surface area contributed by atoms with Crippen LogP contribution in [0.1, 0.15) is 35.2 Å². The van der Waals surface area contributed by atoms with Gasteiger partial charge in [0.05, 0.1) is 5.92 Å². The largest absolute Gasteiger partial charge is 0.455 e. The lowest BCUT2D eigenvalue weighted by Crippen LogP contribution is -2.34. The molecule has 124 valence electrons. The Morgan fingerprint density at radius 3 is 2.12 bits per heavy atom. The number of esters is 1. The van der Waals surface area contributed by atoms with Gasteiger partial charge in [0, 0.05) is 5.56 Å². The number of hydrogen-bond donors (Lipinski definition) is 1. The van der Waals surface area contributed by atoms with Gasteiger partial charge in [-0.2, -0.15) is 0 Å². The van der Waals surface area contributed by atoms with Crippen LogP contribution in [0, 0.1) is 0 Å². The van der Waals surface area contributed by atoms with E-state index in [4.69, 9.17) is 4.74 Å². The minimum absolute atomic E-state index is 0.368. The van der Waals surface area contributed by atoms with Crippen molar-refractivity contribution in [1.82, 2.24) is 5.32 Å². The molecule has 0 radical (unpaired) electrons. The smallest absolute Gasteiger partial charge is 0.313 e. The third kappa shape index (κ3) is 4.78. The second-order valence-electron chi connectivity index (χ2n) is 5.22. The first-order valence-corrected chi connectivity index (χ1v) is 7.72. The van der Waals surface area contributed by atoms with E-state index in [1.807, 2.05) is 37.3 Å². The van der Waals surface area contributed by atoms with Crippen LogP contribution in [0.2, 0.25) is 0 Å². The molecule has 0 fully saturated rings. The molecule has 0 saturated heterocycles. The Morgan fingerprint density at radius 1 is 0.958 bits per heavy atom. The molecule has 0 unspecified atom stereocenters. The highest BCUT2D eigenvalue weighted by Crippen LogP contribution is 2.20. The molecule has 2 aromatic rings. The van der Waals surface area contributed by atoms with Crippen LogP contribution in [0.25, 0.3) is 0 Å². The molecule has 2 aromatic carbocycles. The van der Waals surface area contributed by atoms with Crippen molar-refractivity contribution in [1.29, 1.82) is 0 Å². The molecule has 0 spiro atoms. The first kappa shape index (κ1) is 17.4. The van der Waals surface area contributed by atoms with Gasteiger partial charge in [0.1, 0.15) is 0 Å². The van der Waals surface area contributed by atoms with Gasteiger partial charge < -0.3 is 4.74 Å². The van der Waals surface area contributed by atoms with E-state index >= 15 is 0 Å². The van der Waals surface area contributed by atoms with Gasteiger partial charge in [0.25, 0.3) is 11.8 Å². The normalized spacial score (nSPS) is 11.4. The van der Waals surface area contributed by atoms with Gasteiger partial charge in [0.15, 0.2) is 6.61 Å². The quantitative estimate of drug-likeness (QED) is 0.829. The number of benzene rings is 2. The number of carbonyl (C=O) groups is 3. The Balaban J connectivity index is 1.86. The number of nitrogens with one attached hydrogen (secondary N) is 1. The van der Waals surface area contributed by atoms with Crippen LogP contribution in [-0.2, 0) is 14.3 Å². The first-order valence-electron chi connectivity index (χ1n) is 7.72. The Morgan fingerprint density at radius 2 is 1.54 bits per heavy atom. The van der Waals surface area contributed by atoms with Crippen molar-refractivity contribution in [2.75, 3.05) is 6.61 Å². The molecule has 0 aliphatic rings. The van der Waals surface area contributed by atoms with Crippen LogP contribution in [0.4, 0.5) is 0 Å². The monoisotopic (exact) mass is 325 g/mol. The Labute approximate surface area is 140 Å². The molecule has 0 bridgehead atoms. The van der Waals surface area contributed by atoms with Crippen LogP contribution in [-0.4, -0.2) is 24.4 Å². The summed E-state index contributed by atoms with van der Waals surface area (Å²) in [7, 11) is 0. The molecule has 0 heterocycles. The maximum Gasteiger partial charge on any atom is 0.313 e. The summed E-state index contributed by atoms with van der Waals surface area (Å²) in [6.45, 7) is 1.39. The molecule has 24 heavy (non-hydrogen) atoms. The Hall–Kier alpha value is -2.95. The average molecular weight is 325 g/mol. The molecular weight excluding hydrogens is 306 g/mol. The van der Waals surface area contributed by atoms with Crippen LogP contribution in [0.3, 0.4) is 0 Å². The minimum Gasteiger partial charge on any atom is -0.455 e. The van der Waals surface area contributed by atoms with E-state index in [0.717, 1.165) is 5.56 Å². The maximum absolute atomic E-state index is 12.1. The summed E-state index contributed by atoms with van der Waals surface area (Å²) in [5, 5.41) is 2.19. The van der Waals surface area contributed by atoms with E-state index in [1.165, 1.54) is 0 Å². The van der Waals surface area contributed by atoms with Crippen molar-refractivity contribution < 1.29 is 19.1 Å². The lowest BCUT2D eigenvalue weighted by Gasteiger charge is -2.14. The predicted molar refractivity (Wildman–Crippen MR) is 89.3 cm³/mol. The molecule has 2 rings (SSSR count). The van der Waals surface area contributed by atoms with Crippen LogP contribution >= 0.6 is 0 Å². The SMILES string of the molecule is CC[C@H](C(=O)OCC(=O)NC(=O)c1ccccc1)c1ccccc1. The molecule has 0 aliphatic heterocycles. The second kappa shape index (κ2) is 8.62. The Bertz CT molecular complexity index is 698. The van der Waals surface area contributed by atoms with E-state index in [0.29, 0.717) is 12.0 Å². The number of amides is 2. The summed E-state index contributed by atoms with van der Waals surface area (Å²) in [5.74, 6) is -2.08. The van der Waals surface area contributed by atoms with Gasteiger partial charge in [-0.05, 0) is 24.1 Å². The molecule has 2 amide bonds. The van der Waals surface area contributed by atoms with Crippen LogP contribution < -0.4 is 5.32 Å². The highest BCUT2D eigenvalue weighted by molar-refractivity contribution is 6.05. The topological polar surface area (TPSA) is 72.5 Å². The Kier molecular flexibility index (Phi) is 6.25. The second-order valence-corrected chi connectivity index (χ2v) is 5.22. The third-order valence-corrected chi connectivity index (χ3v) is 3.53. The van der Waals surface area contributed by atoms with Gasteiger partial charge in [-0.3, -0.25) is 19.7 Å². The summed E-state index contributed by atoms with van der Waals surface area (Å²) in [6.07, 6.45) is 0.563. The summed E-state index contributed by atoms with van der Waals surface area (Å²) >= 11 is 0. The van der Waals surface area contributed by atoms with E-state index in [1.54, 1.807) is 30.3 Å². The maximum atomic E-state index is 12.1. The molecule has 5 nitrogen and oxygen atoms in total. The fourth-order valence-corrected chi connectivity index (χ4v) is 2.29. The van der Waals surface area contributed by atoms with Crippen LogP contribution in [0.15, 0.2) is 60.7 Å². The van der Waals surface area contributed by atoms with Crippen molar-refractivity contribution in [3.05, 3.63) is 71.8 Å². The van der Waals surface area contributed by atoms with E-state index in [9.17, 15) is 14.4 Å². The molecule has 0 saturated carbocycles. The minimum atomic E-state index is -0.653. The van der Waals surface area contributed by atoms with Gasteiger partial charge in [-0.15, -0.1) is 0 Å². The molecule has 1 atom stereocenters. The number of imide groups is 1. The van der Waals surface area contributed by atoms with Crippen molar-refractivity contribution in [3.8, 4) is 0 Å². The number of rotatable bonds is 6. The molecule has 5 heteroatoms. The van der Waals surface area contributed by atoms with E-state index in [2.05, 4.69) is 5.32 Å². The van der Waals surface area contributed by atoms with Crippen molar-refractivity contribution in [2.24, 2.45) is 0 Å². The highest BCUT2D eigenvalue weighted by Gasteiger charge is 2.21. The summed E-state index contributed by atoms with van der Waals surface area (Å²) in [5.41, 5.74) is 1.21. The summed E-state index contributed by atoms with van der Waals surface area (Å²) in [4.78, 5) is 35.8. The fourth-order valence-electron chi connectivity index (χ4n) is 2.29. The highest BCUT2D eigenvalue weighted by atomic mass is 16.5. The zero-order valence-corrected chi connectivity index (χ0v) is 13.4. The van der Waals surface area contributed by atoms with E-state index < -0.39 is 30.3 Å². The van der Waals surface area contributed by atoms with Gasteiger partial charge in [-0.25, -0.2) is 0 Å². The lowest BCUT2D eigenvalue weighted by atomic mass is 9.97. The average Bonchev–Trinajstić information content (AvgIpc) is 2.62. The number of hydrogen-bond acceptors (Lipinski definition) is 4. The molecule has 0 aromatic heterocycles. The molecule has 0 aliphatic carbocycles. The van der Waals surface area contributed by atoms with Crippen molar-refractivity contribution in [3.63, 3.8) is 0 Å². The standard InChI is InChI=1S/C19H19NO4/c1-2-16(14-9-5-3-6-10-14)19(23)24-13-17(21)20-18(22)15-11-7-4-8-12-15/h3-12,16H,2,13H2,1H3,(H,20,21,22)/t16-/m0/s1. The van der Waals surface area contributed by atoms with Gasteiger partial charge in [0.2, 0.25) is 0 Å². The fraction of sp³-hybridized carbons (Fsp3) is 0.211.